The Morgan fingerprint density at radius 2 is 1.63 bits per heavy atom. The molecule has 0 saturated carbocycles. The predicted octanol–water partition coefficient (Wildman–Crippen LogP) is 1.77. The standard InChI is InChI=1S/C11H14BrNO4S2/c12-9-1-3-10(4-2-9)13-19(16,17)11-5-7-18(14,15)8-6-11/h1-4,11,13H,5-8H2. The second-order valence-corrected chi connectivity index (χ2v) is 9.69. The highest BCUT2D eigenvalue weighted by atomic mass is 79.9. The van der Waals surface area contributed by atoms with Gasteiger partial charge in [-0.3, -0.25) is 4.72 Å². The fourth-order valence-electron chi connectivity index (χ4n) is 1.94. The first kappa shape index (κ1) is 14.8. The van der Waals surface area contributed by atoms with Gasteiger partial charge in [-0.25, -0.2) is 16.8 Å². The van der Waals surface area contributed by atoms with Crippen LogP contribution in [0.25, 0.3) is 0 Å². The highest BCUT2D eigenvalue weighted by Crippen LogP contribution is 2.22. The van der Waals surface area contributed by atoms with Gasteiger partial charge in [0.2, 0.25) is 10.0 Å². The topological polar surface area (TPSA) is 80.3 Å². The molecule has 0 unspecified atom stereocenters. The highest BCUT2D eigenvalue weighted by Gasteiger charge is 2.32. The molecule has 1 N–H and O–H groups in total. The van der Waals surface area contributed by atoms with Crippen LogP contribution in [0.4, 0.5) is 5.69 Å². The fourth-order valence-corrected chi connectivity index (χ4v) is 5.49. The van der Waals surface area contributed by atoms with E-state index in [-0.39, 0.29) is 24.3 Å². The normalized spacial score (nSPS) is 20.1. The minimum atomic E-state index is -3.53. The van der Waals surface area contributed by atoms with E-state index in [0.717, 1.165) is 4.47 Å². The summed E-state index contributed by atoms with van der Waals surface area (Å²) >= 11 is 3.27. The summed E-state index contributed by atoms with van der Waals surface area (Å²) in [4.78, 5) is 0. The maximum Gasteiger partial charge on any atom is 0.235 e. The van der Waals surface area contributed by atoms with Crippen LogP contribution >= 0.6 is 15.9 Å². The van der Waals surface area contributed by atoms with Crippen LogP contribution in [0.2, 0.25) is 0 Å². The molecular formula is C11H14BrNO4S2. The second-order valence-electron chi connectivity index (χ2n) is 4.51. The summed E-state index contributed by atoms with van der Waals surface area (Å²) in [6.07, 6.45) is 0.322. The van der Waals surface area contributed by atoms with Gasteiger partial charge in [0.15, 0.2) is 0 Å². The van der Waals surface area contributed by atoms with E-state index in [1.54, 1.807) is 24.3 Å². The zero-order valence-electron chi connectivity index (χ0n) is 10.0. The van der Waals surface area contributed by atoms with E-state index in [1.165, 1.54) is 0 Å². The van der Waals surface area contributed by atoms with Crippen molar-refractivity contribution in [2.45, 2.75) is 18.1 Å². The number of sulfone groups is 1. The molecule has 19 heavy (non-hydrogen) atoms. The van der Waals surface area contributed by atoms with Crippen molar-refractivity contribution in [3.63, 3.8) is 0 Å². The van der Waals surface area contributed by atoms with E-state index < -0.39 is 25.1 Å². The average molecular weight is 368 g/mol. The van der Waals surface area contributed by atoms with Crippen molar-refractivity contribution in [3.8, 4) is 0 Å². The first-order valence-electron chi connectivity index (χ1n) is 5.76. The molecule has 8 heteroatoms. The molecule has 0 aromatic heterocycles. The third-order valence-electron chi connectivity index (χ3n) is 3.04. The predicted molar refractivity (Wildman–Crippen MR) is 78.4 cm³/mol. The summed E-state index contributed by atoms with van der Waals surface area (Å²) in [5.41, 5.74) is 0.483. The van der Waals surface area contributed by atoms with Crippen molar-refractivity contribution in [2.24, 2.45) is 0 Å². The van der Waals surface area contributed by atoms with E-state index in [2.05, 4.69) is 20.7 Å². The molecule has 0 aliphatic carbocycles. The molecule has 2 rings (SSSR count). The van der Waals surface area contributed by atoms with E-state index in [1.807, 2.05) is 0 Å². The maximum absolute atomic E-state index is 12.1. The van der Waals surface area contributed by atoms with Crippen LogP contribution in [-0.4, -0.2) is 33.6 Å². The number of halogens is 1. The molecule has 106 valence electrons. The maximum atomic E-state index is 12.1. The van der Waals surface area contributed by atoms with Crippen LogP contribution in [0.1, 0.15) is 12.8 Å². The lowest BCUT2D eigenvalue weighted by Gasteiger charge is -2.22. The molecule has 1 fully saturated rings. The SMILES string of the molecule is O=S1(=O)CCC(S(=O)(=O)Nc2ccc(Br)cc2)CC1. The third kappa shape index (κ3) is 3.93. The quantitative estimate of drug-likeness (QED) is 0.882. The van der Waals surface area contributed by atoms with Crippen molar-refractivity contribution in [1.29, 1.82) is 0 Å². The van der Waals surface area contributed by atoms with Crippen LogP contribution < -0.4 is 4.72 Å². The fraction of sp³-hybridized carbons (Fsp3) is 0.455. The van der Waals surface area contributed by atoms with E-state index in [0.29, 0.717) is 5.69 Å². The number of benzene rings is 1. The van der Waals surface area contributed by atoms with Gasteiger partial charge in [-0.05, 0) is 37.1 Å². The average Bonchev–Trinajstić information content (AvgIpc) is 2.31. The monoisotopic (exact) mass is 367 g/mol. The summed E-state index contributed by atoms with van der Waals surface area (Å²) in [5, 5.41) is -0.639. The highest BCUT2D eigenvalue weighted by molar-refractivity contribution is 9.10. The summed E-state index contributed by atoms with van der Waals surface area (Å²) in [6, 6.07) is 6.79. The Hall–Kier alpha value is -0.600. The second kappa shape index (κ2) is 5.41. The number of sulfonamides is 1. The summed E-state index contributed by atoms with van der Waals surface area (Å²) in [5.74, 6) is -0.113. The molecule has 1 heterocycles. The van der Waals surface area contributed by atoms with Gasteiger partial charge in [-0.1, -0.05) is 15.9 Å². The molecule has 0 atom stereocenters. The lowest BCUT2D eigenvalue weighted by atomic mass is 10.2. The van der Waals surface area contributed by atoms with Crippen molar-refractivity contribution < 1.29 is 16.8 Å². The Bertz CT molecular complexity index is 638. The Balaban J connectivity index is 2.09. The summed E-state index contributed by atoms with van der Waals surface area (Å²) in [7, 11) is -6.58. The number of anilines is 1. The molecule has 1 saturated heterocycles. The zero-order valence-corrected chi connectivity index (χ0v) is 13.3. The Kier molecular flexibility index (Phi) is 4.22. The van der Waals surface area contributed by atoms with Crippen LogP contribution in [0.15, 0.2) is 28.7 Å². The summed E-state index contributed by atoms with van der Waals surface area (Å²) < 4.78 is 50.2. The molecule has 1 aliphatic heterocycles. The van der Waals surface area contributed by atoms with Gasteiger partial charge in [-0.2, -0.15) is 0 Å². The van der Waals surface area contributed by atoms with Gasteiger partial charge >= 0.3 is 0 Å². The van der Waals surface area contributed by atoms with Crippen LogP contribution in [0.3, 0.4) is 0 Å². The molecule has 5 nitrogen and oxygen atoms in total. The molecule has 1 aromatic carbocycles. The molecule has 0 bridgehead atoms. The molecule has 0 amide bonds. The van der Waals surface area contributed by atoms with Crippen LogP contribution in [-0.2, 0) is 19.9 Å². The number of rotatable bonds is 3. The Morgan fingerprint density at radius 1 is 1.11 bits per heavy atom. The summed E-state index contributed by atoms with van der Waals surface area (Å²) in [6.45, 7) is 0. The minimum absolute atomic E-state index is 0.0566. The third-order valence-corrected chi connectivity index (χ3v) is 7.16. The smallest absolute Gasteiger partial charge is 0.235 e. The Morgan fingerprint density at radius 3 is 2.16 bits per heavy atom. The minimum Gasteiger partial charge on any atom is -0.283 e. The van der Waals surface area contributed by atoms with E-state index in [9.17, 15) is 16.8 Å². The molecule has 0 radical (unpaired) electrons. The molecule has 1 aromatic rings. The zero-order chi connectivity index (χ0) is 14.1. The number of hydrogen-bond donors (Lipinski definition) is 1. The van der Waals surface area contributed by atoms with Crippen molar-refractivity contribution in [3.05, 3.63) is 28.7 Å². The Labute approximate surface area is 121 Å². The van der Waals surface area contributed by atoms with E-state index >= 15 is 0 Å². The van der Waals surface area contributed by atoms with Gasteiger partial charge in [0.1, 0.15) is 9.84 Å². The van der Waals surface area contributed by atoms with Gasteiger partial charge in [0.05, 0.1) is 16.8 Å². The lowest BCUT2D eigenvalue weighted by Crippen LogP contribution is -2.35. The van der Waals surface area contributed by atoms with Crippen molar-refractivity contribution in [1.82, 2.24) is 0 Å². The van der Waals surface area contributed by atoms with Crippen LogP contribution in [0, 0.1) is 0 Å². The van der Waals surface area contributed by atoms with E-state index in [4.69, 9.17) is 0 Å². The van der Waals surface area contributed by atoms with Gasteiger partial charge in [-0.15, -0.1) is 0 Å². The largest absolute Gasteiger partial charge is 0.283 e. The number of hydrogen-bond acceptors (Lipinski definition) is 4. The lowest BCUT2D eigenvalue weighted by molar-refractivity contribution is 0.555. The van der Waals surface area contributed by atoms with Crippen molar-refractivity contribution >= 4 is 41.5 Å². The van der Waals surface area contributed by atoms with Gasteiger partial charge < -0.3 is 0 Å². The van der Waals surface area contributed by atoms with Gasteiger partial charge in [0.25, 0.3) is 0 Å². The first-order valence-corrected chi connectivity index (χ1v) is 9.92. The van der Waals surface area contributed by atoms with Crippen LogP contribution in [0.5, 0.6) is 0 Å². The molecule has 1 aliphatic rings. The first-order chi connectivity index (χ1) is 8.78. The molecular weight excluding hydrogens is 354 g/mol. The van der Waals surface area contributed by atoms with Crippen molar-refractivity contribution in [2.75, 3.05) is 16.2 Å². The number of nitrogens with one attached hydrogen (secondary N) is 1. The molecule has 0 spiro atoms. The van der Waals surface area contributed by atoms with Gasteiger partial charge in [0, 0.05) is 10.2 Å².